The average Bonchev–Trinajstić information content (AvgIpc) is 2.97. The van der Waals surface area contributed by atoms with Gasteiger partial charge in [-0.25, -0.2) is 4.98 Å². The second-order valence-corrected chi connectivity index (χ2v) is 6.38. The van der Waals surface area contributed by atoms with Gasteiger partial charge in [0.25, 0.3) is 0 Å². The molecule has 1 N–H and O–H groups in total. The van der Waals surface area contributed by atoms with Crippen LogP contribution in [-0.2, 0) is 11.0 Å². The molecule has 0 aliphatic heterocycles. The minimum absolute atomic E-state index is 0.101. The summed E-state index contributed by atoms with van der Waals surface area (Å²) >= 11 is 6.94. The number of thioether (sulfide) groups is 1. The number of para-hydroxylation sites is 1. The molecule has 4 nitrogen and oxygen atoms in total. The van der Waals surface area contributed by atoms with Crippen LogP contribution in [0, 0.1) is 0 Å². The molecule has 2 heterocycles. The van der Waals surface area contributed by atoms with Crippen molar-refractivity contribution in [1.29, 1.82) is 0 Å². The van der Waals surface area contributed by atoms with Crippen molar-refractivity contribution in [2.45, 2.75) is 11.3 Å². The Morgan fingerprint density at radius 2 is 2.04 bits per heavy atom. The molecule has 1 amide bonds. The maximum atomic E-state index is 13.0. The molecule has 130 valence electrons. The lowest BCUT2D eigenvalue weighted by molar-refractivity contribution is -0.137. The van der Waals surface area contributed by atoms with Crippen molar-refractivity contribution in [2.75, 3.05) is 11.1 Å². The second-order valence-electron chi connectivity index (χ2n) is 5.03. The molecule has 0 spiro atoms. The number of nitrogens with one attached hydrogen (secondary N) is 1. The first-order valence-electron chi connectivity index (χ1n) is 7.06. The molecule has 0 fully saturated rings. The van der Waals surface area contributed by atoms with Gasteiger partial charge in [0, 0.05) is 6.20 Å². The molecular weight excluding hydrogens is 375 g/mol. The minimum Gasteiger partial charge on any atom is -0.324 e. The number of nitrogens with zero attached hydrogens (tertiary/aromatic N) is 2. The highest BCUT2D eigenvalue weighted by Gasteiger charge is 2.34. The molecule has 0 radical (unpaired) electrons. The lowest BCUT2D eigenvalue weighted by Gasteiger charge is -2.15. The number of hydrogen-bond donors (Lipinski definition) is 1. The van der Waals surface area contributed by atoms with Gasteiger partial charge in [0.1, 0.15) is 0 Å². The van der Waals surface area contributed by atoms with Crippen molar-refractivity contribution < 1.29 is 18.0 Å². The molecule has 9 heteroatoms. The van der Waals surface area contributed by atoms with Gasteiger partial charge in [0.2, 0.25) is 5.91 Å². The molecule has 3 aromatic rings. The number of aromatic nitrogens is 2. The highest BCUT2D eigenvalue weighted by atomic mass is 35.5. The normalized spacial score (nSPS) is 11.7. The summed E-state index contributed by atoms with van der Waals surface area (Å²) in [5, 5.41) is 2.65. The Morgan fingerprint density at radius 1 is 1.24 bits per heavy atom. The van der Waals surface area contributed by atoms with Crippen LogP contribution in [0.3, 0.4) is 0 Å². The van der Waals surface area contributed by atoms with E-state index in [1.54, 1.807) is 16.8 Å². The summed E-state index contributed by atoms with van der Waals surface area (Å²) in [5.74, 6) is -0.701. The van der Waals surface area contributed by atoms with Crippen LogP contribution in [0.15, 0.2) is 53.9 Å². The van der Waals surface area contributed by atoms with Crippen LogP contribution < -0.4 is 5.32 Å². The number of carbonyl (C=O) groups excluding carboxylic acids is 1. The van der Waals surface area contributed by atoms with Gasteiger partial charge in [0.15, 0.2) is 5.16 Å². The fraction of sp³-hybridized carbons (Fsp3) is 0.125. The van der Waals surface area contributed by atoms with Crippen molar-refractivity contribution in [2.24, 2.45) is 0 Å². The van der Waals surface area contributed by atoms with Gasteiger partial charge >= 0.3 is 6.18 Å². The zero-order chi connectivity index (χ0) is 18.0. The van der Waals surface area contributed by atoms with E-state index in [0.29, 0.717) is 5.16 Å². The van der Waals surface area contributed by atoms with Crippen LogP contribution in [-0.4, -0.2) is 21.0 Å². The van der Waals surface area contributed by atoms with Gasteiger partial charge in [-0.05, 0) is 24.3 Å². The number of carbonyl (C=O) groups is 1. The average molecular weight is 386 g/mol. The number of benzene rings is 1. The molecule has 2 aromatic heterocycles. The monoisotopic (exact) mass is 385 g/mol. The molecular formula is C16H11ClF3N3OS. The van der Waals surface area contributed by atoms with E-state index in [9.17, 15) is 18.0 Å². The van der Waals surface area contributed by atoms with Gasteiger partial charge < -0.3 is 5.32 Å². The topological polar surface area (TPSA) is 46.4 Å². The number of anilines is 1. The Kier molecular flexibility index (Phi) is 4.91. The van der Waals surface area contributed by atoms with E-state index in [1.807, 2.05) is 18.2 Å². The van der Waals surface area contributed by atoms with Crippen LogP contribution >= 0.6 is 23.4 Å². The van der Waals surface area contributed by atoms with E-state index in [2.05, 4.69) is 10.3 Å². The third-order valence-corrected chi connectivity index (χ3v) is 4.60. The van der Waals surface area contributed by atoms with Crippen LogP contribution in [0.1, 0.15) is 5.56 Å². The third kappa shape index (κ3) is 3.91. The Hall–Kier alpha value is -2.19. The smallest absolute Gasteiger partial charge is 0.324 e. The largest absolute Gasteiger partial charge is 0.418 e. The van der Waals surface area contributed by atoms with E-state index in [1.165, 1.54) is 12.1 Å². The molecule has 0 atom stereocenters. The maximum absolute atomic E-state index is 13.0. The lowest BCUT2D eigenvalue weighted by atomic mass is 10.1. The summed E-state index contributed by atoms with van der Waals surface area (Å²) < 4.78 is 40.9. The van der Waals surface area contributed by atoms with Crippen molar-refractivity contribution in [1.82, 2.24) is 9.38 Å². The van der Waals surface area contributed by atoms with Gasteiger partial charge in [0.05, 0.1) is 33.7 Å². The quantitative estimate of drug-likeness (QED) is 0.660. The van der Waals surface area contributed by atoms with Crippen LogP contribution in [0.25, 0.3) is 5.52 Å². The number of rotatable bonds is 4. The van der Waals surface area contributed by atoms with E-state index >= 15 is 0 Å². The molecule has 0 aliphatic rings. The number of amides is 1. The van der Waals surface area contributed by atoms with Crippen molar-refractivity contribution in [3.63, 3.8) is 0 Å². The van der Waals surface area contributed by atoms with Crippen molar-refractivity contribution in [3.05, 3.63) is 59.4 Å². The summed E-state index contributed by atoms with van der Waals surface area (Å²) in [6, 6.07) is 8.88. The van der Waals surface area contributed by atoms with E-state index in [4.69, 9.17) is 11.6 Å². The zero-order valence-corrected chi connectivity index (χ0v) is 14.1. The number of fused-ring (bicyclic) bond motifs is 1. The molecule has 3 rings (SSSR count). The van der Waals surface area contributed by atoms with E-state index in [0.717, 1.165) is 23.3 Å². The van der Waals surface area contributed by atoms with Gasteiger partial charge in [-0.1, -0.05) is 35.5 Å². The summed E-state index contributed by atoms with van der Waals surface area (Å²) in [6.07, 6.45) is -1.17. The number of hydrogen-bond acceptors (Lipinski definition) is 3. The van der Waals surface area contributed by atoms with Crippen LogP contribution in [0.5, 0.6) is 0 Å². The summed E-state index contributed by atoms with van der Waals surface area (Å²) in [6.45, 7) is 0. The Morgan fingerprint density at radius 3 is 2.80 bits per heavy atom. The second kappa shape index (κ2) is 6.97. The molecule has 0 unspecified atom stereocenters. The fourth-order valence-corrected chi connectivity index (χ4v) is 3.21. The number of imidazole rings is 1. The molecule has 0 saturated heterocycles. The minimum atomic E-state index is -4.61. The van der Waals surface area contributed by atoms with Crippen molar-refractivity contribution >= 4 is 40.5 Å². The molecule has 25 heavy (non-hydrogen) atoms. The number of alkyl halides is 3. The number of pyridine rings is 1. The van der Waals surface area contributed by atoms with Crippen molar-refractivity contribution in [3.8, 4) is 0 Å². The Labute approximate surface area is 150 Å². The third-order valence-electron chi connectivity index (χ3n) is 3.32. The fourth-order valence-electron chi connectivity index (χ4n) is 2.22. The Bertz CT molecular complexity index is 926. The first-order chi connectivity index (χ1) is 11.9. The predicted octanol–water partition coefficient (Wildman–Crippen LogP) is 4.74. The highest BCUT2D eigenvalue weighted by molar-refractivity contribution is 7.99. The maximum Gasteiger partial charge on any atom is 0.418 e. The van der Waals surface area contributed by atoms with E-state index < -0.39 is 23.3 Å². The standard InChI is InChI=1S/C16H11ClF3N3OS/c17-12-6-3-5-11(16(18,19)20)14(12)22-13(24)9-25-15-21-8-10-4-1-2-7-23(10)15/h1-8H,9H2,(H,22,24). The summed E-state index contributed by atoms with van der Waals surface area (Å²) in [5.41, 5.74) is -0.560. The van der Waals surface area contributed by atoms with Crippen LogP contribution in [0.2, 0.25) is 5.02 Å². The molecule has 1 aromatic carbocycles. The SMILES string of the molecule is O=C(CSc1ncc2ccccn12)Nc1c(Cl)cccc1C(F)(F)F. The van der Waals surface area contributed by atoms with Gasteiger partial charge in [-0.2, -0.15) is 13.2 Å². The molecule has 0 aliphatic carbocycles. The predicted molar refractivity (Wildman–Crippen MR) is 91.0 cm³/mol. The number of halogens is 4. The lowest BCUT2D eigenvalue weighted by Crippen LogP contribution is -2.18. The van der Waals surface area contributed by atoms with Gasteiger partial charge in [-0.3, -0.25) is 9.20 Å². The Balaban J connectivity index is 1.73. The van der Waals surface area contributed by atoms with Crippen LogP contribution in [0.4, 0.5) is 18.9 Å². The zero-order valence-electron chi connectivity index (χ0n) is 12.5. The first kappa shape index (κ1) is 17.6. The highest BCUT2D eigenvalue weighted by Crippen LogP contribution is 2.38. The molecule has 0 saturated carbocycles. The summed E-state index contributed by atoms with van der Waals surface area (Å²) in [7, 11) is 0. The first-order valence-corrected chi connectivity index (χ1v) is 8.43. The molecule has 0 bridgehead atoms. The summed E-state index contributed by atoms with van der Waals surface area (Å²) in [4.78, 5) is 16.3. The van der Waals surface area contributed by atoms with E-state index in [-0.39, 0.29) is 10.8 Å². The van der Waals surface area contributed by atoms with Gasteiger partial charge in [-0.15, -0.1) is 0 Å².